The van der Waals surface area contributed by atoms with E-state index in [0.29, 0.717) is 11.1 Å². The second-order valence-corrected chi connectivity index (χ2v) is 8.48. The highest BCUT2D eigenvalue weighted by molar-refractivity contribution is 6.30. The molecule has 0 bridgehead atoms. The molecule has 0 unspecified atom stereocenters. The maximum absolute atomic E-state index is 13.4. The minimum Gasteiger partial charge on any atom is -0.481 e. The normalized spacial score (nSPS) is 9.93. The van der Waals surface area contributed by atoms with Gasteiger partial charge >= 0.3 is 11.9 Å². The molecule has 0 saturated heterocycles. The fourth-order valence-electron chi connectivity index (χ4n) is 3.09. The number of halogens is 6. The molecule has 0 aliphatic heterocycles. The van der Waals surface area contributed by atoms with Crippen LogP contribution in [0.25, 0.3) is 0 Å². The third kappa shape index (κ3) is 9.96. The molecule has 0 atom stereocenters. The van der Waals surface area contributed by atoms with Crippen LogP contribution >= 0.6 is 23.2 Å². The number of aliphatic carboxylic acids is 1. The zero-order valence-corrected chi connectivity index (χ0v) is 22.6. The van der Waals surface area contributed by atoms with E-state index in [1.807, 2.05) is 0 Å². The van der Waals surface area contributed by atoms with Gasteiger partial charge in [-0.1, -0.05) is 47.5 Å². The number of aromatic nitrogens is 2. The summed E-state index contributed by atoms with van der Waals surface area (Å²) >= 11 is 11.4. The van der Waals surface area contributed by atoms with Crippen molar-refractivity contribution in [1.82, 2.24) is 9.97 Å². The van der Waals surface area contributed by atoms with Crippen molar-refractivity contribution in [3.8, 4) is 0 Å². The topological polar surface area (TPSA) is 106 Å². The van der Waals surface area contributed by atoms with Crippen LogP contribution in [-0.4, -0.2) is 39.9 Å². The van der Waals surface area contributed by atoms with Gasteiger partial charge in [0.2, 0.25) is 0 Å². The maximum Gasteiger partial charge on any atom is 0.343 e. The van der Waals surface area contributed by atoms with E-state index in [-0.39, 0.29) is 23.1 Å². The first kappa shape index (κ1) is 32.9. The molecule has 7 nitrogen and oxygen atoms in total. The Morgan fingerprint density at radius 2 is 1.12 bits per heavy atom. The third-order valence-electron chi connectivity index (χ3n) is 4.96. The number of nitrogens with zero attached hydrogens (tertiary/aromatic N) is 2. The molecule has 0 fully saturated rings. The molecule has 214 valence electrons. The maximum atomic E-state index is 13.4. The number of carboxylic acids is 1. The molecule has 4 aromatic rings. The molecule has 0 amide bonds. The Morgan fingerprint density at radius 3 is 1.51 bits per heavy atom. The smallest absolute Gasteiger partial charge is 0.343 e. The minimum atomic E-state index is -1.01. The summed E-state index contributed by atoms with van der Waals surface area (Å²) in [5, 5.41) is 8.82. The van der Waals surface area contributed by atoms with E-state index < -0.39 is 52.1 Å². The van der Waals surface area contributed by atoms with Gasteiger partial charge in [0.1, 0.15) is 39.1 Å². The highest BCUT2D eigenvalue weighted by Gasteiger charge is 2.18. The molecule has 2 heterocycles. The highest BCUT2D eigenvalue weighted by atomic mass is 35.5. The Bertz CT molecular complexity index is 1500. The molecule has 2 aromatic carbocycles. The van der Waals surface area contributed by atoms with E-state index in [9.17, 15) is 31.9 Å². The van der Waals surface area contributed by atoms with Crippen LogP contribution in [0.5, 0.6) is 0 Å². The van der Waals surface area contributed by atoms with Gasteiger partial charge in [-0.25, -0.2) is 32.3 Å². The number of benzene rings is 2. The number of Topliss-reactive ketones (excluding diaryl/α,β-unsaturated/α-hetero) is 1. The molecule has 0 aliphatic rings. The second-order valence-electron chi connectivity index (χ2n) is 7.76. The predicted octanol–water partition coefficient (Wildman–Crippen LogP) is 6.55. The molecule has 4 rings (SSSR count). The van der Waals surface area contributed by atoms with Crippen LogP contribution in [0.1, 0.15) is 31.8 Å². The van der Waals surface area contributed by atoms with Crippen molar-refractivity contribution < 1.29 is 41.8 Å². The molecule has 0 spiro atoms. The van der Waals surface area contributed by atoms with Crippen molar-refractivity contribution in [2.45, 2.75) is 12.8 Å². The fourth-order valence-corrected chi connectivity index (χ4v) is 3.46. The van der Waals surface area contributed by atoms with Crippen LogP contribution < -0.4 is 0 Å². The van der Waals surface area contributed by atoms with Crippen LogP contribution in [-0.2, 0) is 22.4 Å². The quantitative estimate of drug-likeness (QED) is 0.114. The van der Waals surface area contributed by atoms with Crippen molar-refractivity contribution in [1.29, 1.82) is 0 Å². The van der Waals surface area contributed by atoms with Crippen molar-refractivity contribution in [3.63, 3.8) is 0 Å². The first-order valence-corrected chi connectivity index (χ1v) is 12.1. The van der Waals surface area contributed by atoms with E-state index in [4.69, 9.17) is 28.3 Å². The van der Waals surface area contributed by atoms with Crippen LogP contribution in [0.2, 0.25) is 10.3 Å². The summed E-state index contributed by atoms with van der Waals surface area (Å²) in [5.41, 5.74) is -0.217. The number of ether oxygens (including phenoxy) is 1. The number of esters is 1. The van der Waals surface area contributed by atoms with E-state index in [1.165, 1.54) is 24.5 Å². The number of carbonyl (C=O) groups is 3. The SMILES string of the molecule is COC(=O)c1c(F)cccc1F.O=C(Cc1cccnc1Cl)c1c(F)cccc1F.O=C(O)Cc1cccnc1Cl. The third-order valence-corrected chi connectivity index (χ3v) is 5.64. The lowest BCUT2D eigenvalue weighted by atomic mass is 10.0. The lowest BCUT2D eigenvalue weighted by Crippen LogP contribution is -2.09. The minimum absolute atomic E-state index is 0.0767. The van der Waals surface area contributed by atoms with Gasteiger partial charge in [0.25, 0.3) is 0 Å². The van der Waals surface area contributed by atoms with Crippen LogP contribution in [0.15, 0.2) is 73.1 Å². The van der Waals surface area contributed by atoms with Gasteiger partial charge in [-0.05, 0) is 42.0 Å². The summed E-state index contributed by atoms with van der Waals surface area (Å²) in [6.07, 6.45) is 2.73. The van der Waals surface area contributed by atoms with Gasteiger partial charge in [-0.15, -0.1) is 0 Å². The fraction of sp³-hybridized carbons (Fsp3) is 0.107. The van der Waals surface area contributed by atoms with Crippen LogP contribution in [0.3, 0.4) is 0 Å². The lowest BCUT2D eigenvalue weighted by Gasteiger charge is -2.05. The van der Waals surface area contributed by atoms with Crippen molar-refractivity contribution in [2.75, 3.05) is 7.11 Å². The van der Waals surface area contributed by atoms with E-state index in [2.05, 4.69) is 14.7 Å². The summed E-state index contributed by atoms with van der Waals surface area (Å²) in [5.74, 6) is -6.16. The second kappa shape index (κ2) is 16.0. The van der Waals surface area contributed by atoms with Gasteiger partial charge in [0, 0.05) is 24.4 Å². The monoisotopic (exact) mass is 610 g/mol. The summed E-state index contributed by atoms with van der Waals surface area (Å²) in [4.78, 5) is 40.4. The zero-order chi connectivity index (χ0) is 30.5. The van der Waals surface area contributed by atoms with Gasteiger partial charge in [-0.3, -0.25) is 9.59 Å². The summed E-state index contributed by atoms with van der Waals surface area (Å²) in [6.45, 7) is 0. The Kier molecular flexibility index (Phi) is 12.9. The average molecular weight is 611 g/mol. The van der Waals surface area contributed by atoms with Gasteiger partial charge in [-0.2, -0.15) is 0 Å². The zero-order valence-electron chi connectivity index (χ0n) is 21.1. The molecule has 1 N–H and O–H groups in total. The Balaban J connectivity index is 0.000000225. The van der Waals surface area contributed by atoms with Crippen molar-refractivity contribution in [3.05, 3.63) is 129 Å². The summed E-state index contributed by atoms with van der Waals surface area (Å²) in [7, 11) is 1.06. The van der Waals surface area contributed by atoms with Gasteiger partial charge in [0.05, 0.1) is 19.1 Å². The standard InChI is InChI=1S/C13H8ClF2NO.C8H6F2O2.C7H6ClNO2/c14-13-8(3-2-6-17-13)7-11(18)12-9(15)4-1-5-10(12)16;1-12-8(11)7-5(9)3-2-4-6(7)10;8-7-5(4-6(10)11)2-1-3-9-7/h1-6H,7H2;2-4H,1H3;1-3H,4H2,(H,10,11). The van der Waals surface area contributed by atoms with E-state index in [1.54, 1.807) is 24.3 Å². The van der Waals surface area contributed by atoms with Gasteiger partial charge in [0.15, 0.2) is 5.78 Å². The predicted molar refractivity (Wildman–Crippen MR) is 142 cm³/mol. The molecule has 13 heteroatoms. The Hall–Kier alpha value is -4.35. The van der Waals surface area contributed by atoms with Crippen molar-refractivity contribution >= 4 is 40.9 Å². The molecular weight excluding hydrogens is 591 g/mol. The number of ketones is 1. The van der Waals surface area contributed by atoms with Gasteiger partial charge < -0.3 is 9.84 Å². The Morgan fingerprint density at radius 1 is 0.707 bits per heavy atom. The summed E-state index contributed by atoms with van der Waals surface area (Å²) < 4.78 is 56.5. The molecule has 0 saturated carbocycles. The number of rotatable bonds is 6. The molecular formula is C28H20Cl2F4N2O5. The number of hydrogen-bond acceptors (Lipinski definition) is 6. The largest absolute Gasteiger partial charge is 0.481 e. The number of pyridine rings is 2. The van der Waals surface area contributed by atoms with E-state index in [0.717, 1.165) is 31.4 Å². The van der Waals surface area contributed by atoms with Crippen LogP contribution in [0, 0.1) is 23.3 Å². The molecule has 0 radical (unpaired) electrons. The first-order chi connectivity index (χ1) is 19.5. The molecule has 41 heavy (non-hydrogen) atoms. The van der Waals surface area contributed by atoms with Crippen LogP contribution in [0.4, 0.5) is 17.6 Å². The Labute approximate surface area is 241 Å². The average Bonchev–Trinajstić information content (AvgIpc) is 2.91. The van der Waals surface area contributed by atoms with Crippen molar-refractivity contribution in [2.24, 2.45) is 0 Å². The number of hydrogen-bond donors (Lipinski definition) is 1. The number of methoxy groups -OCH3 is 1. The summed E-state index contributed by atoms with van der Waals surface area (Å²) in [6, 6.07) is 13.0. The first-order valence-electron chi connectivity index (χ1n) is 11.4. The number of carbonyl (C=O) groups excluding carboxylic acids is 2. The number of carboxylic acid groups (broad SMARTS) is 1. The lowest BCUT2D eigenvalue weighted by molar-refractivity contribution is -0.136. The highest BCUT2D eigenvalue weighted by Crippen LogP contribution is 2.18. The molecule has 2 aromatic heterocycles. The van der Waals surface area contributed by atoms with E-state index >= 15 is 0 Å². The molecule has 0 aliphatic carbocycles.